The van der Waals surface area contributed by atoms with Gasteiger partial charge in [0.05, 0.1) is 23.7 Å². The van der Waals surface area contributed by atoms with Gasteiger partial charge < -0.3 is 14.7 Å². The van der Waals surface area contributed by atoms with Gasteiger partial charge in [0.25, 0.3) is 0 Å². The molecule has 2 aromatic heterocycles. The quantitative estimate of drug-likeness (QED) is 0.603. The Bertz CT molecular complexity index is 1020. The molecule has 4 heterocycles. The van der Waals surface area contributed by atoms with Crippen LogP contribution in [-0.2, 0) is 24.2 Å². The first kappa shape index (κ1) is 24.5. The van der Waals surface area contributed by atoms with Gasteiger partial charge in [0.1, 0.15) is 5.76 Å². The number of alkyl halides is 3. The zero-order valence-electron chi connectivity index (χ0n) is 19.9. The molecule has 5 rings (SSSR count). The molecule has 1 N–H and O–H groups in total. The molecular weight excluding hydrogens is 479 g/mol. The van der Waals surface area contributed by atoms with Crippen molar-refractivity contribution in [3.05, 3.63) is 28.1 Å². The van der Waals surface area contributed by atoms with E-state index in [1.54, 1.807) is 22.3 Å². The first-order chi connectivity index (χ1) is 16.7. The monoisotopic (exact) mass is 511 g/mol. The van der Waals surface area contributed by atoms with Crippen molar-refractivity contribution in [2.24, 2.45) is 11.8 Å². The van der Waals surface area contributed by atoms with E-state index in [1.807, 2.05) is 6.92 Å². The number of rotatable bonds is 7. The summed E-state index contributed by atoms with van der Waals surface area (Å²) >= 11 is 1.56. The fourth-order valence-electron chi connectivity index (χ4n) is 5.30. The van der Waals surface area contributed by atoms with Crippen LogP contribution in [0.25, 0.3) is 0 Å². The lowest BCUT2D eigenvalue weighted by molar-refractivity contribution is -0.180. The fraction of sp³-hybridized carbons (Fsp3) is 0.708. The first-order valence-electron chi connectivity index (χ1n) is 12.5. The summed E-state index contributed by atoms with van der Waals surface area (Å²) in [6.45, 7) is 4.68. The highest BCUT2D eigenvalue weighted by Gasteiger charge is 2.48. The molecule has 0 unspecified atom stereocenters. The van der Waals surface area contributed by atoms with Gasteiger partial charge in [-0.2, -0.15) is 13.2 Å². The standard InChI is InChI=1S/C24H32F3N5O2S/c1-15-10-19(34-30-15)11-22(33)28-18-4-2-16(3-5-18)6-8-31-9-7-21-20(14-31)29-23(35-21)32-12-17(13-32)24(25,26)27/h10,16-18H,2-9,11-14H2,1H3,(H,28,33). The van der Waals surface area contributed by atoms with Crippen molar-refractivity contribution in [1.82, 2.24) is 20.4 Å². The van der Waals surface area contributed by atoms with Gasteiger partial charge in [-0.15, -0.1) is 11.3 Å². The third-order valence-electron chi connectivity index (χ3n) is 7.49. The van der Waals surface area contributed by atoms with Crippen LogP contribution in [0.15, 0.2) is 10.6 Å². The minimum atomic E-state index is -4.11. The van der Waals surface area contributed by atoms with Gasteiger partial charge in [0.15, 0.2) is 5.13 Å². The van der Waals surface area contributed by atoms with Crippen LogP contribution < -0.4 is 10.2 Å². The van der Waals surface area contributed by atoms with Gasteiger partial charge in [0.2, 0.25) is 5.91 Å². The molecule has 0 spiro atoms. The van der Waals surface area contributed by atoms with E-state index >= 15 is 0 Å². The van der Waals surface area contributed by atoms with Crippen LogP contribution in [0, 0.1) is 18.8 Å². The second-order valence-electron chi connectivity index (χ2n) is 10.2. The molecule has 1 saturated heterocycles. The number of aromatic nitrogens is 2. The Morgan fingerprint density at radius 3 is 2.71 bits per heavy atom. The molecule has 2 fully saturated rings. The van der Waals surface area contributed by atoms with E-state index in [0.29, 0.717) is 11.7 Å². The number of hydrogen-bond acceptors (Lipinski definition) is 7. The summed E-state index contributed by atoms with van der Waals surface area (Å²) in [6.07, 6.45) is 2.41. The Kier molecular flexibility index (Phi) is 7.07. The van der Waals surface area contributed by atoms with E-state index in [4.69, 9.17) is 4.52 Å². The van der Waals surface area contributed by atoms with Crippen LogP contribution in [0.1, 0.15) is 54.1 Å². The molecule has 7 nitrogen and oxygen atoms in total. The van der Waals surface area contributed by atoms with Crippen molar-refractivity contribution in [1.29, 1.82) is 0 Å². The predicted molar refractivity (Wildman–Crippen MR) is 126 cm³/mol. The van der Waals surface area contributed by atoms with Crippen LogP contribution in [0.4, 0.5) is 18.3 Å². The van der Waals surface area contributed by atoms with E-state index in [2.05, 4.69) is 20.4 Å². The van der Waals surface area contributed by atoms with Gasteiger partial charge in [-0.1, -0.05) is 5.16 Å². The summed E-state index contributed by atoms with van der Waals surface area (Å²) in [5.74, 6) is 0.0262. The third kappa shape index (κ3) is 5.99. The van der Waals surface area contributed by atoms with Crippen LogP contribution in [0.3, 0.4) is 0 Å². The molecule has 0 radical (unpaired) electrons. The smallest absolute Gasteiger partial charge is 0.361 e. The summed E-state index contributed by atoms with van der Waals surface area (Å²) in [6, 6.07) is 2.02. The molecular formula is C24H32F3N5O2S. The van der Waals surface area contributed by atoms with Gasteiger partial charge in [-0.25, -0.2) is 4.98 Å². The molecule has 3 aliphatic rings. The third-order valence-corrected chi connectivity index (χ3v) is 8.71. The topological polar surface area (TPSA) is 74.5 Å². The number of nitrogens with one attached hydrogen (secondary N) is 1. The Morgan fingerprint density at radius 1 is 1.26 bits per heavy atom. The second kappa shape index (κ2) is 10.1. The van der Waals surface area contributed by atoms with Crippen LogP contribution >= 0.6 is 11.3 Å². The number of nitrogens with zero attached hydrogens (tertiary/aromatic N) is 4. The molecule has 1 saturated carbocycles. The van der Waals surface area contributed by atoms with Crippen molar-refractivity contribution < 1.29 is 22.5 Å². The van der Waals surface area contributed by atoms with E-state index < -0.39 is 12.1 Å². The number of thiazole rings is 1. The fourth-order valence-corrected chi connectivity index (χ4v) is 6.38. The largest absolute Gasteiger partial charge is 0.395 e. The number of aryl methyl sites for hydroxylation is 1. The maximum atomic E-state index is 12.8. The highest BCUT2D eigenvalue weighted by molar-refractivity contribution is 7.15. The molecule has 1 amide bonds. The molecule has 0 atom stereocenters. The predicted octanol–water partition coefficient (Wildman–Crippen LogP) is 4.10. The zero-order valence-corrected chi connectivity index (χ0v) is 20.8. The van der Waals surface area contributed by atoms with Crippen molar-refractivity contribution in [2.75, 3.05) is 31.1 Å². The number of halogens is 3. The number of hydrogen-bond donors (Lipinski definition) is 1. The van der Waals surface area contributed by atoms with E-state index in [0.717, 1.165) is 74.7 Å². The minimum Gasteiger partial charge on any atom is -0.361 e. The van der Waals surface area contributed by atoms with Crippen LogP contribution in [0.2, 0.25) is 0 Å². The second-order valence-corrected chi connectivity index (χ2v) is 11.3. The molecule has 0 bridgehead atoms. The lowest BCUT2D eigenvalue weighted by atomic mass is 9.84. The van der Waals surface area contributed by atoms with Crippen LogP contribution in [-0.4, -0.2) is 59.3 Å². The number of carbonyl (C=O) groups excluding carboxylic acids is 1. The number of amides is 1. The van der Waals surface area contributed by atoms with Gasteiger partial charge in [0, 0.05) is 43.2 Å². The summed E-state index contributed by atoms with van der Waals surface area (Å²) in [7, 11) is 0. The van der Waals surface area contributed by atoms with Crippen LogP contribution in [0.5, 0.6) is 0 Å². The summed E-state index contributed by atoms with van der Waals surface area (Å²) in [4.78, 5) is 22.4. The van der Waals surface area contributed by atoms with E-state index in [1.165, 1.54) is 4.88 Å². The summed E-state index contributed by atoms with van der Waals surface area (Å²) in [5, 5.41) is 7.70. The molecule has 0 aromatic carbocycles. The van der Waals surface area contributed by atoms with E-state index in [9.17, 15) is 18.0 Å². The zero-order chi connectivity index (χ0) is 24.6. The van der Waals surface area contributed by atoms with E-state index in [-0.39, 0.29) is 31.5 Å². The van der Waals surface area contributed by atoms with Gasteiger partial charge in [-0.3, -0.25) is 9.69 Å². The minimum absolute atomic E-state index is 0.0106. The Hall–Kier alpha value is -2.14. The first-order valence-corrected chi connectivity index (χ1v) is 13.3. The highest BCUT2D eigenvalue weighted by Crippen LogP contribution is 2.39. The average molecular weight is 512 g/mol. The number of anilines is 1. The molecule has 2 aromatic rings. The molecule has 11 heteroatoms. The Morgan fingerprint density at radius 2 is 2.03 bits per heavy atom. The van der Waals surface area contributed by atoms with Crippen molar-refractivity contribution in [3.63, 3.8) is 0 Å². The summed E-state index contributed by atoms with van der Waals surface area (Å²) in [5.41, 5.74) is 1.82. The number of fused-ring (bicyclic) bond motifs is 1. The van der Waals surface area contributed by atoms with Gasteiger partial charge in [-0.05, 0) is 57.9 Å². The number of carbonyl (C=O) groups is 1. The lowest BCUT2D eigenvalue weighted by Crippen LogP contribution is -2.53. The molecule has 35 heavy (non-hydrogen) atoms. The average Bonchev–Trinajstić information content (AvgIpc) is 3.36. The van der Waals surface area contributed by atoms with Gasteiger partial charge >= 0.3 is 6.18 Å². The van der Waals surface area contributed by atoms with Crippen molar-refractivity contribution in [3.8, 4) is 0 Å². The maximum Gasteiger partial charge on any atom is 0.395 e. The summed E-state index contributed by atoms with van der Waals surface area (Å²) < 4.78 is 43.5. The molecule has 192 valence electrons. The van der Waals surface area contributed by atoms with Crippen molar-refractivity contribution in [2.45, 2.75) is 70.6 Å². The maximum absolute atomic E-state index is 12.8. The lowest BCUT2D eigenvalue weighted by Gasteiger charge is -2.39. The molecule has 2 aliphatic heterocycles. The normalized spacial score (nSPS) is 23.7. The highest BCUT2D eigenvalue weighted by atomic mass is 32.1. The SMILES string of the molecule is Cc1cc(CC(=O)NC2CCC(CCN3CCc4sc(N5CC(C(F)(F)F)C5)nc4C3)CC2)on1. The Balaban J connectivity index is 1.01. The van der Waals surface area contributed by atoms with Crippen molar-refractivity contribution >= 4 is 22.4 Å². The molecule has 1 aliphatic carbocycles. The Labute approximate surface area is 207 Å².